The lowest BCUT2D eigenvalue weighted by atomic mass is 9.97. The van der Waals surface area contributed by atoms with E-state index in [1.807, 2.05) is 13.8 Å². The lowest BCUT2D eigenvalue weighted by molar-refractivity contribution is -0.145. The Balaban J connectivity index is 1.97. The molecule has 1 saturated heterocycles. The molecule has 116 valence electrons. The smallest absolute Gasteiger partial charge is 0.328 e. The van der Waals surface area contributed by atoms with Crippen molar-refractivity contribution in [3.63, 3.8) is 0 Å². The summed E-state index contributed by atoms with van der Waals surface area (Å²) in [6, 6.07) is 0.0557. The summed E-state index contributed by atoms with van der Waals surface area (Å²) in [5, 5.41) is 8.94. The average Bonchev–Trinajstić information content (AvgIpc) is 2.80. The van der Waals surface area contributed by atoms with Crippen LogP contribution in [0, 0.1) is 5.92 Å². The number of hydrogen-bond acceptors (Lipinski definition) is 3. The Hall–Kier alpha value is -2.05. The maximum Gasteiger partial charge on any atom is 0.328 e. The number of aliphatic carboxylic acids is 1. The fourth-order valence-corrected chi connectivity index (χ4v) is 2.56. The molecule has 1 aromatic heterocycles. The standard InChI is InChI=1S/C14H21N3O4/c1-10(2)17-8-7-16(14(17)21)9-12(18)15-5-3-11(4-6-15)13(19)20/h7-8,10-11H,3-6,9H2,1-2H3,(H,19,20). The molecule has 0 aromatic carbocycles. The quantitative estimate of drug-likeness (QED) is 0.879. The van der Waals surface area contributed by atoms with Crippen LogP contribution in [0.3, 0.4) is 0 Å². The number of amides is 1. The van der Waals surface area contributed by atoms with Crippen LogP contribution in [0.5, 0.6) is 0 Å². The number of carboxylic acids is 1. The van der Waals surface area contributed by atoms with Crippen LogP contribution < -0.4 is 5.69 Å². The van der Waals surface area contributed by atoms with E-state index < -0.39 is 5.97 Å². The van der Waals surface area contributed by atoms with E-state index in [1.165, 1.54) is 4.57 Å². The van der Waals surface area contributed by atoms with Gasteiger partial charge in [0.2, 0.25) is 5.91 Å². The second kappa shape index (κ2) is 6.15. The van der Waals surface area contributed by atoms with Crippen LogP contribution in [0.25, 0.3) is 0 Å². The number of piperidine rings is 1. The summed E-state index contributed by atoms with van der Waals surface area (Å²) in [6.45, 7) is 4.70. The summed E-state index contributed by atoms with van der Waals surface area (Å²) in [4.78, 5) is 36.8. The molecule has 1 fully saturated rings. The topological polar surface area (TPSA) is 84.5 Å². The highest BCUT2D eigenvalue weighted by Gasteiger charge is 2.27. The predicted octanol–water partition coefficient (Wildman–Crippen LogP) is 0.554. The van der Waals surface area contributed by atoms with E-state index in [0.29, 0.717) is 25.9 Å². The minimum absolute atomic E-state index is 0.0102. The zero-order valence-corrected chi connectivity index (χ0v) is 12.4. The maximum absolute atomic E-state index is 12.2. The van der Waals surface area contributed by atoms with Crippen molar-refractivity contribution in [2.45, 2.75) is 39.3 Å². The van der Waals surface area contributed by atoms with Gasteiger partial charge in [0.25, 0.3) is 0 Å². The molecule has 1 aliphatic rings. The van der Waals surface area contributed by atoms with Gasteiger partial charge in [-0.25, -0.2) is 4.79 Å². The summed E-state index contributed by atoms with van der Waals surface area (Å²) < 4.78 is 2.97. The first-order chi connectivity index (χ1) is 9.90. The molecule has 0 spiro atoms. The first kappa shape index (κ1) is 15.3. The van der Waals surface area contributed by atoms with Gasteiger partial charge in [-0.1, -0.05) is 0 Å². The SMILES string of the molecule is CC(C)n1ccn(CC(=O)N2CCC(C(=O)O)CC2)c1=O. The zero-order valence-electron chi connectivity index (χ0n) is 12.4. The Bertz CT molecular complexity index is 579. The third-order valence-corrected chi connectivity index (χ3v) is 3.93. The van der Waals surface area contributed by atoms with Gasteiger partial charge in [-0.3, -0.25) is 18.7 Å². The molecule has 2 rings (SSSR count). The van der Waals surface area contributed by atoms with Gasteiger partial charge in [-0.15, -0.1) is 0 Å². The summed E-state index contributed by atoms with van der Waals surface area (Å²) >= 11 is 0. The maximum atomic E-state index is 12.2. The van der Waals surface area contributed by atoms with Crippen molar-refractivity contribution >= 4 is 11.9 Å². The fourth-order valence-electron chi connectivity index (χ4n) is 2.56. The van der Waals surface area contributed by atoms with Gasteiger partial charge in [-0.2, -0.15) is 0 Å². The molecule has 0 radical (unpaired) electrons. The number of rotatable bonds is 4. The summed E-state index contributed by atoms with van der Waals surface area (Å²) in [5.41, 5.74) is -0.196. The monoisotopic (exact) mass is 295 g/mol. The Morgan fingerprint density at radius 1 is 1.29 bits per heavy atom. The molecule has 0 aliphatic carbocycles. The highest BCUT2D eigenvalue weighted by atomic mass is 16.4. The van der Waals surface area contributed by atoms with Crippen molar-refractivity contribution in [3.8, 4) is 0 Å². The van der Waals surface area contributed by atoms with Crippen molar-refractivity contribution in [1.29, 1.82) is 0 Å². The Labute approximate surface area is 122 Å². The van der Waals surface area contributed by atoms with Gasteiger partial charge < -0.3 is 10.0 Å². The second-order valence-electron chi connectivity index (χ2n) is 5.70. The van der Waals surface area contributed by atoms with Crippen LogP contribution in [0.15, 0.2) is 17.2 Å². The Kier molecular flexibility index (Phi) is 4.50. The number of nitrogens with zero attached hydrogens (tertiary/aromatic N) is 3. The number of carboxylic acid groups (broad SMARTS) is 1. The molecular weight excluding hydrogens is 274 g/mol. The molecule has 1 aliphatic heterocycles. The summed E-state index contributed by atoms with van der Waals surface area (Å²) in [5.74, 6) is -1.30. The predicted molar refractivity (Wildman–Crippen MR) is 76.0 cm³/mol. The van der Waals surface area contributed by atoms with Crippen molar-refractivity contribution < 1.29 is 14.7 Å². The number of imidazole rings is 1. The number of carbonyl (C=O) groups excluding carboxylic acids is 1. The number of likely N-dealkylation sites (tertiary alicyclic amines) is 1. The van der Waals surface area contributed by atoms with Crippen molar-refractivity contribution in [2.24, 2.45) is 5.92 Å². The van der Waals surface area contributed by atoms with Crippen LogP contribution in [0.4, 0.5) is 0 Å². The van der Waals surface area contributed by atoms with Gasteiger partial charge in [0.15, 0.2) is 0 Å². The molecule has 1 amide bonds. The molecule has 2 heterocycles. The van der Waals surface area contributed by atoms with Crippen molar-refractivity contribution in [1.82, 2.24) is 14.0 Å². The van der Waals surface area contributed by atoms with Crippen molar-refractivity contribution in [2.75, 3.05) is 13.1 Å². The largest absolute Gasteiger partial charge is 0.481 e. The molecule has 1 N–H and O–H groups in total. The molecule has 0 unspecified atom stereocenters. The van der Waals surface area contributed by atoms with Crippen molar-refractivity contribution in [3.05, 3.63) is 22.9 Å². The van der Waals surface area contributed by atoms with Crippen LogP contribution in [-0.4, -0.2) is 44.1 Å². The first-order valence-corrected chi connectivity index (χ1v) is 7.18. The van der Waals surface area contributed by atoms with E-state index in [4.69, 9.17) is 5.11 Å². The first-order valence-electron chi connectivity index (χ1n) is 7.18. The summed E-state index contributed by atoms with van der Waals surface area (Å²) in [7, 11) is 0. The molecular formula is C14H21N3O4. The van der Waals surface area contributed by atoms with Crippen LogP contribution in [0.2, 0.25) is 0 Å². The highest BCUT2D eigenvalue weighted by Crippen LogP contribution is 2.17. The van der Waals surface area contributed by atoms with Crippen LogP contribution in [-0.2, 0) is 16.1 Å². The van der Waals surface area contributed by atoms with Crippen LogP contribution >= 0.6 is 0 Å². The molecule has 0 bridgehead atoms. The molecule has 7 heteroatoms. The molecule has 7 nitrogen and oxygen atoms in total. The van der Waals surface area contributed by atoms with Crippen LogP contribution in [0.1, 0.15) is 32.7 Å². The summed E-state index contributed by atoms with van der Waals surface area (Å²) in [6.07, 6.45) is 4.24. The van der Waals surface area contributed by atoms with Gasteiger partial charge in [0.1, 0.15) is 6.54 Å². The highest BCUT2D eigenvalue weighted by molar-refractivity contribution is 5.76. The Morgan fingerprint density at radius 3 is 2.38 bits per heavy atom. The van der Waals surface area contributed by atoms with Gasteiger partial charge in [0.05, 0.1) is 5.92 Å². The van der Waals surface area contributed by atoms with E-state index >= 15 is 0 Å². The van der Waals surface area contributed by atoms with Gasteiger partial charge in [-0.05, 0) is 26.7 Å². The number of carbonyl (C=O) groups is 2. The Morgan fingerprint density at radius 2 is 1.90 bits per heavy atom. The minimum Gasteiger partial charge on any atom is -0.481 e. The number of hydrogen-bond donors (Lipinski definition) is 1. The lowest BCUT2D eigenvalue weighted by Crippen LogP contribution is -2.42. The average molecular weight is 295 g/mol. The fraction of sp³-hybridized carbons (Fsp3) is 0.643. The van der Waals surface area contributed by atoms with E-state index in [2.05, 4.69) is 0 Å². The molecule has 0 atom stereocenters. The molecule has 1 aromatic rings. The minimum atomic E-state index is -0.799. The molecule has 21 heavy (non-hydrogen) atoms. The zero-order chi connectivity index (χ0) is 15.6. The van der Waals surface area contributed by atoms with Gasteiger partial charge in [0, 0.05) is 31.5 Å². The second-order valence-corrected chi connectivity index (χ2v) is 5.70. The normalized spacial score (nSPS) is 16.4. The van der Waals surface area contributed by atoms with E-state index in [0.717, 1.165) is 0 Å². The van der Waals surface area contributed by atoms with Gasteiger partial charge >= 0.3 is 11.7 Å². The third kappa shape index (κ3) is 3.34. The number of aromatic nitrogens is 2. The van der Waals surface area contributed by atoms with E-state index in [1.54, 1.807) is 21.9 Å². The van der Waals surface area contributed by atoms with E-state index in [-0.39, 0.29) is 30.1 Å². The van der Waals surface area contributed by atoms with E-state index in [9.17, 15) is 14.4 Å². The third-order valence-electron chi connectivity index (χ3n) is 3.93. The lowest BCUT2D eigenvalue weighted by Gasteiger charge is -2.30. The molecule has 0 saturated carbocycles.